The van der Waals surface area contributed by atoms with Gasteiger partial charge >= 0.3 is 0 Å². The summed E-state index contributed by atoms with van der Waals surface area (Å²) in [5.74, 6) is 1.14. The number of rotatable bonds is 8. The molecule has 0 amide bonds. The molecule has 0 saturated carbocycles. The highest BCUT2D eigenvalue weighted by atomic mass is 15.2. The molecule has 1 saturated heterocycles. The maximum absolute atomic E-state index is 5.92. The van der Waals surface area contributed by atoms with Crippen LogP contribution >= 0.6 is 0 Å². The van der Waals surface area contributed by atoms with Gasteiger partial charge < -0.3 is 16.4 Å². The Balaban J connectivity index is 1.61. The predicted molar refractivity (Wildman–Crippen MR) is 112 cm³/mol. The Labute approximate surface area is 162 Å². The number of benzene rings is 1. The Morgan fingerprint density at radius 1 is 1.15 bits per heavy atom. The molecule has 6 nitrogen and oxygen atoms in total. The van der Waals surface area contributed by atoms with Crippen molar-refractivity contribution in [1.29, 1.82) is 0 Å². The van der Waals surface area contributed by atoms with Crippen LogP contribution < -0.4 is 16.4 Å². The van der Waals surface area contributed by atoms with Crippen LogP contribution in [0.1, 0.15) is 43.5 Å². The van der Waals surface area contributed by atoms with Gasteiger partial charge in [0.25, 0.3) is 0 Å². The molecule has 6 heteroatoms. The first-order chi connectivity index (χ1) is 13.1. The van der Waals surface area contributed by atoms with Crippen LogP contribution in [0.5, 0.6) is 0 Å². The summed E-state index contributed by atoms with van der Waals surface area (Å²) in [4.78, 5) is 11.2. The van der Waals surface area contributed by atoms with Crippen molar-refractivity contribution in [1.82, 2.24) is 20.2 Å². The minimum absolute atomic E-state index is 0.328. The van der Waals surface area contributed by atoms with Crippen LogP contribution in [0.4, 0.5) is 11.8 Å². The van der Waals surface area contributed by atoms with Crippen molar-refractivity contribution in [2.75, 3.05) is 37.2 Å². The van der Waals surface area contributed by atoms with Crippen LogP contribution in [0, 0.1) is 0 Å². The van der Waals surface area contributed by atoms with E-state index in [1.807, 2.05) is 6.07 Å². The Morgan fingerprint density at radius 3 is 2.56 bits per heavy atom. The Morgan fingerprint density at radius 2 is 1.85 bits per heavy atom. The second kappa shape index (κ2) is 9.67. The lowest BCUT2D eigenvalue weighted by Crippen LogP contribution is -2.42. The Kier molecular flexibility index (Phi) is 7.01. The maximum Gasteiger partial charge on any atom is 0.222 e. The van der Waals surface area contributed by atoms with Crippen LogP contribution in [0.15, 0.2) is 30.3 Å². The fourth-order valence-electron chi connectivity index (χ4n) is 3.54. The van der Waals surface area contributed by atoms with Gasteiger partial charge in [-0.1, -0.05) is 37.6 Å². The summed E-state index contributed by atoms with van der Waals surface area (Å²) in [6, 6.07) is 11.2. The number of aromatic nitrogens is 2. The van der Waals surface area contributed by atoms with Crippen LogP contribution in [0.25, 0.3) is 0 Å². The lowest BCUT2D eigenvalue weighted by molar-refractivity contribution is 0.233. The van der Waals surface area contributed by atoms with Gasteiger partial charge in [0.05, 0.1) is 5.69 Å². The van der Waals surface area contributed by atoms with E-state index in [9.17, 15) is 0 Å². The molecule has 0 spiro atoms. The van der Waals surface area contributed by atoms with Crippen molar-refractivity contribution in [3.63, 3.8) is 0 Å². The fraction of sp³-hybridized carbons (Fsp3) is 0.524. The summed E-state index contributed by atoms with van der Waals surface area (Å²) in [5.41, 5.74) is 9.47. The third-order valence-electron chi connectivity index (χ3n) is 4.94. The maximum atomic E-state index is 5.92. The van der Waals surface area contributed by atoms with Crippen molar-refractivity contribution in [3.8, 4) is 0 Å². The second-order valence-electron chi connectivity index (χ2n) is 7.46. The lowest BCUT2D eigenvalue weighted by atomic mass is 10.1. The number of nitrogens with two attached hydrogens (primary N) is 1. The summed E-state index contributed by atoms with van der Waals surface area (Å²) in [6.07, 6.45) is 3.01. The molecule has 0 aliphatic carbocycles. The van der Waals surface area contributed by atoms with Gasteiger partial charge in [0, 0.05) is 51.3 Å². The van der Waals surface area contributed by atoms with Gasteiger partial charge in [-0.3, -0.25) is 4.90 Å². The third kappa shape index (κ3) is 6.19. The number of nitrogens with one attached hydrogen (secondary N) is 2. The Bertz CT molecular complexity index is 709. The van der Waals surface area contributed by atoms with Gasteiger partial charge in [-0.2, -0.15) is 4.98 Å². The highest BCUT2D eigenvalue weighted by Crippen LogP contribution is 2.16. The molecule has 0 radical (unpaired) electrons. The summed E-state index contributed by atoms with van der Waals surface area (Å²) in [7, 11) is 0. The van der Waals surface area contributed by atoms with E-state index in [4.69, 9.17) is 5.73 Å². The molecule has 0 bridgehead atoms. The third-order valence-corrected chi connectivity index (χ3v) is 4.94. The van der Waals surface area contributed by atoms with E-state index in [1.54, 1.807) is 0 Å². The average molecular weight is 369 g/mol. The highest BCUT2D eigenvalue weighted by molar-refractivity contribution is 5.42. The fourth-order valence-corrected chi connectivity index (χ4v) is 3.54. The average Bonchev–Trinajstić information content (AvgIpc) is 2.64. The largest absolute Gasteiger partial charge is 0.368 e. The molecule has 27 heavy (non-hydrogen) atoms. The van der Waals surface area contributed by atoms with Gasteiger partial charge in [-0.05, 0) is 24.5 Å². The predicted octanol–water partition coefficient (Wildman–Crippen LogP) is 2.66. The van der Waals surface area contributed by atoms with Crippen molar-refractivity contribution in [2.45, 2.75) is 45.7 Å². The zero-order valence-corrected chi connectivity index (χ0v) is 16.5. The quantitative estimate of drug-likeness (QED) is 0.665. The highest BCUT2D eigenvalue weighted by Gasteiger charge is 2.10. The number of nitrogens with zero attached hydrogens (tertiary/aromatic N) is 3. The molecule has 2 aromatic rings. The summed E-state index contributed by atoms with van der Waals surface area (Å²) in [5, 5.41) is 6.82. The number of anilines is 2. The molecule has 0 unspecified atom stereocenters. The van der Waals surface area contributed by atoms with Gasteiger partial charge in [0.1, 0.15) is 5.82 Å². The van der Waals surface area contributed by atoms with Crippen molar-refractivity contribution < 1.29 is 0 Å². The smallest absolute Gasteiger partial charge is 0.222 e. The van der Waals surface area contributed by atoms with Gasteiger partial charge in [-0.25, -0.2) is 4.98 Å². The van der Waals surface area contributed by atoms with E-state index in [-0.39, 0.29) is 0 Å². The van der Waals surface area contributed by atoms with E-state index < -0.39 is 0 Å². The van der Waals surface area contributed by atoms with Crippen molar-refractivity contribution in [2.24, 2.45) is 0 Å². The number of nitrogen functional groups attached to an aromatic ring is 1. The normalized spacial score (nSPS) is 16.2. The van der Waals surface area contributed by atoms with E-state index in [0.717, 1.165) is 63.5 Å². The molecule has 4 N–H and O–H groups in total. The summed E-state index contributed by atoms with van der Waals surface area (Å²) in [6.45, 7) is 9.78. The first-order valence-corrected chi connectivity index (χ1v) is 10.0. The second-order valence-corrected chi connectivity index (χ2v) is 7.46. The summed E-state index contributed by atoms with van der Waals surface area (Å²) < 4.78 is 0. The van der Waals surface area contributed by atoms with Gasteiger partial charge in [0.2, 0.25) is 5.95 Å². The van der Waals surface area contributed by atoms with Crippen molar-refractivity contribution >= 4 is 11.8 Å². The molecule has 1 aliphatic heterocycles. The lowest BCUT2D eigenvalue weighted by Gasteiger charge is -2.27. The zero-order valence-electron chi connectivity index (χ0n) is 16.5. The topological polar surface area (TPSA) is 79.1 Å². The number of piperazine rings is 1. The Hall–Kier alpha value is -2.18. The van der Waals surface area contributed by atoms with Gasteiger partial charge in [0.15, 0.2) is 0 Å². The van der Waals surface area contributed by atoms with E-state index in [0.29, 0.717) is 12.0 Å². The molecule has 1 aromatic heterocycles. The van der Waals surface area contributed by atoms with Crippen LogP contribution in [-0.4, -0.2) is 47.1 Å². The molecule has 146 valence electrons. The molecule has 2 heterocycles. The molecule has 1 atom stereocenters. The molecular weight excluding hydrogens is 336 g/mol. The molecular formula is C21H32N6. The van der Waals surface area contributed by atoms with Crippen LogP contribution in [0.3, 0.4) is 0 Å². The minimum Gasteiger partial charge on any atom is -0.368 e. The van der Waals surface area contributed by atoms with Crippen LogP contribution in [0.2, 0.25) is 0 Å². The summed E-state index contributed by atoms with van der Waals surface area (Å²) >= 11 is 0. The van der Waals surface area contributed by atoms with Gasteiger partial charge in [-0.15, -0.1) is 0 Å². The van der Waals surface area contributed by atoms with E-state index >= 15 is 0 Å². The molecule has 3 rings (SSSR count). The zero-order chi connectivity index (χ0) is 19.1. The number of hydrogen-bond donors (Lipinski definition) is 3. The monoisotopic (exact) mass is 368 g/mol. The molecule has 1 fully saturated rings. The molecule has 1 aromatic carbocycles. The standard InChI is InChI=1S/C21H32N6/c1-3-4-16(2)24-20-14-19(25-21(22)26-20)13-17-5-7-18(8-6-17)15-27-11-9-23-10-12-27/h5-8,14,16,23H,3-4,9-13,15H2,1-2H3,(H3,22,24,25,26)/t16-/m1/s1. The van der Waals surface area contributed by atoms with Crippen LogP contribution in [-0.2, 0) is 13.0 Å². The van der Waals surface area contributed by atoms with E-state index in [1.165, 1.54) is 11.1 Å². The SMILES string of the molecule is CCC[C@@H](C)Nc1cc(Cc2ccc(CN3CCNCC3)cc2)nc(N)n1. The minimum atomic E-state index is 0.328. The molecule has 1 aliphatic rings. The first-order valence-electron chi connectivity index (χ1n) is 10.0. The first kappa shape index (κ1) is 19.6. The number of hydrogen-bond acceptors (Lipinski definition) is 6. The van der Waals surface area contributed by atoms with Crippen molar-refractivity contribution in [3.05, 3.63) is 47.2 Å². The van der Waals surface area contributed by atoms with E-state index in [2.05, 4.69) is 63.6 Å².